The van der Waals surface area contributed by atoms with Gasteiger partial charge in [-0.3, -0.25) is 0 Å². The Morgan fingerprint density at radius 3 is 2.22 bits per heavy atom. The van der Waals surface area contributed by atoms with Crippen LogP contribution in [0.15, 0.2) is 12.1 Å². The SMILES string of the molecule is CCNC(c1ccc(Cl)s1)C(CC)(CC)N(C)C. The van der Waals surface area contributed by atoms with Crippen LogP contribution in [0, 0.1) is 0 Å². The van der Waals surface area contributed by atoms with Gasteiger partial charge in [0.1, 0.15) is 0 Å². The molecule has 1 atom stereocenters. The highest BCUT2D eigenvalue weighted by Gasteiger charge is 2.38. The molecule has 1 rings (SSSR count). The molecule has 2 nitrogen and oxygen atoms in total. The Morgan fingerprint density at radius 2 is 1.89 bits per heavy atom. The molecule has 0 aliphatic carbocycles. The second kappa shape index (κ2) is 6.90. The highest BCUT2D eigenvalue weighted by Crippen LogP contribution is 2.39. The predicted molar refractivity (Wildman–Crippen MR) is 82.7 cm³/mol. The van der Waals surface area contributed by atoms with E-state index < -0.39 is 0 Å². The zero-order chi connectivity index (χ0) is 13.8. The zero-order valence-corrected chi connectivity index (χ0v) is 13.7. The van der Waals surface area contributed by atoms with Gasteiger partial charge < -0.3 is 10.2 Å². The Bertz CT molecular complexity index is 358. The molecule has 0 aliphatic heterocycles. The maximum absolute atomic E-state index is 6.10. The maximum Gasteiger partial charge on any atom is 0.0931 e. The van der Waals surface area contributed by atoms with Crippen molar-refractivity contribution in [2.24, 2.45) is 0 Å². The van der Waals surface area contributed by atoms with Crippen molar-refractivity contribution in [2.45, 2.75) is 45.2 Å². The molecule has 0 aromatic carbocycles. The highest BCUT2D eigenvalue weighted by atomic mass is 35.5. The zero-order valence-electron chi connectivity index (χ0n) is 12.1. The van der Waals surface area contributed by atoms with Gasteiger partial charge in [0, 0.05) is 10.4 Å². The first-order valence-corrected chi connectivity index (χ1v) is 7.87. The van der Waals surface area contributed by atoms with Crippen LogP contribution in [-0.2, 0) is 0 Å². The molecule has 0 spiro atoms. The van der Waals surface area contributed by atoms with E-state index in [0.717, 1.165) is 23.7 Å². The van der Waals surface area contributed by atoms with E-state index in [9.17, 15) is 0 Å². The minimum absolute atomic E-state index is 0.143. The fourth-order valence-electron chi connectivity index (χ4n) is 2.79. The van der Waals surface area contributed by atoms with Crippen molar-refractivity contribution in [2.75, 3.05) is 20.6 Å². The Balaban J connectivity index is 3.16. The summed E-state index contributed by atoms with van der Waals surface area (Å²) in [6, 6.07) is 4.49. The first-order valence-electron chi connectivity index (χ1n) is 6.67. The molecule has 0 radical (unpaired) electrons. The predicted octanol–water partition coefficient (Wildman–Crippen LogP) is 4.17. The molecule has 0 aliphatic rings. The summed E-state index contributed by atoms with van der Waals surface area (Å²) in [5.41, 5.74) is 0.143. The van der Waals surface area contributed by atoms with Crippen LogP contribution in [0.4, 0.5) is 0 Å². The molecule has 1 aromatic heterocycles. The second-order valence-corrected chi connectivity index (χ2v) is 6.58. The lowest BCUT2D eigenvalue weighted by Gasteiger charge is -2.45. The largest absolute Gasteiger partial charge is 0.308 e. The second-order valence-electron chi connectivity index (χ2n) is 4.84. The summed E-state index contributed by atoms with van der Waals surface area (Å²) in [6.45, 7) is 7.66. The number of rotatable bonds is 7. The van der Waals surface area contributed by atoms with Crippen molar-refractivity contribution in [3.63, 3.8) is 0 Å². The van der Waals surface area contributed by atoms with Gasteiger partial charge in [-0.2, -0.15) is 0 Å². The molecule has 1 aromatic rings. The Kier molecular flexibility index (Phi) is 6.12. The lowest BCUT2D eigenvalue weighted by Crippen LogP contribution is -2.52. The quantitative estimate of drug-likeness (QED) is 0.810. The molecule has 1 unspecified atom stereocenters. The van der Waals surface area contributed by atoms with E-state index in [4.69, 9.17) is 11.6 Å². The number of halogens is 1. The molecule has 4 heteroatoms. The number of thiophene rings is 1. The topological polar surface area (TPSA) is 15.3 Å². The van der Waals surface area contributed by atoms with E-state index in [1.807, 2.05) is 6.07 Å². The maximum atomic E-state index is 6.10. The summed E-state index contributed by atoms with van der Waals surface area (Å²) in [5, 5.41) is 3.65. The average molecular weight is 289 g/mol. The molecule has 0 saturated carbocycles. The van der Waals surface area contributed by atoms with Crippen LogP contribution >= 0.6 is 22.9 Å². The van der Waals surface area contributed by atoms with E-state index in [2.05, 4.69) is 51.1 Å². The van der Waals surface area contributed by atoms with Gasteiger partial charge in [0.2, 0.25) is 0 Å². The monoisotopic (exact) mass is 288 g/mol. The molecular formula is C14H25ClN2S. The fraction of sp³-hybridized carbons (Fsp3) is 0.714. The lowest BCUT2D eigenvalue weighted by atomic mass is 9.82. The van der Waals surface area contributed by atoms with Crippen molar-refractivity contribution >= 4 is 22.9 Å². The third-order valence-corrected chi connectivity index (χ3v) is 5.24. The Hall–Kier alpha value is -0.0900. The summed E-state index contributed by atoms with van der Waals surface area (Å²) in [4.78, 5) is 3.69. The minimum atomic E-state index is 0.143. The molecule has 104 valence electrons. The van der Waals surface area contributed by atoms with Crippen LogP contribution in [0.3, 0.4) is 0 Å². The number of nitrogens with zero attached hydrogens (tertiary/aromatic N) is 1. The standard InChI is InChI=1S/C14H25ClN2S/c1-6-14(7-2,17(4)5)13(16-8-3)11-9-10-12(15)18-11/h9-10,13,16H,6-8H2,1-5H3. The average Bonchev–Trinajstić information content (AvgIpc) is 2.76. The molecule has 1 N–H and O–H groups in total. The fourth-order valence-corrected chi connectivity index (χ4v) is 4.04. The van der Waals surface area contributed by atoms with Crippen molar-refractivity contribution < 1.29 is 0 Å². The first kappa shape index (κ1) is 16.0. The van der Waals surface area contributed by atoms with Crippen LogP contribution in [0.1, 0.15) is 44.5 Å². The molecule has 18 heavy (non-hydrogen) atoms. The van der Waals surface area contributed by atoms with E-state index in [1.54, 1.807) is 11.3 Å². The normalized spacial score (nSPS) is 14.2. The number of hydrogen-bond acceptors (Lipinski definition) is 3. The lowest BCUT2D eigenvalue weighted by molar-refractivity contribution is 0.0904. The summed E-state index contributed by atoms with van der Waals surface area (Å²) in [6.07, 6.45) is 2.23. The van der Waals surface area contributed by atoms with Crippen molar-refractivity contribution in [1.82, 2.24) is 10.2 Å². The first-order chi connectivity index (χ1) is 8.51. The van der Waals surface area contributed by atoms with Crippen molar-refractivity contribution in [3.8, 4) is 0 Å². The van der Waals surface area contributed by atoms with Gasteiger partial charge in [-0.15, -0.1) is 11.3 Å². The summed E-state index contributed by atoms with van der Waals surface area (Å²) < 4.78 is 0.868. The van der Waals surface area contributed by atoms with Crippen LogP contribution in [-0.4, -0.2) is 31.1 Å². The van der Waals surface area contributed by atoms with Gasteiger partial charge in [-0.1, -0.05) is 32.4 Å². The Labute approximate surface area is 120 Å². The van der Waals surface area contributed by atoms with E-state index in [-0.39, 0.29) is 5.54 Å². The molecule has 0 amide bonds. The van der Waals surface area contributed by atoms with Gasteiger partial charge in [-0.05, 0) is 45.6 Å². The van der Waals surface area contributed by atoms with Crippen molar-refractivity contribution in [1.29, 1.82) is 0 Å². The number of hydrogen-bond donors (Lipinski definition) is 1. The molecule has 0 fully saturated rings. The van der Waals surface area contributed by atoms with Gasteiger partial charge in [0.25, 0.3) is 0 Å². The third kappa shape index (κ3) is 3.08. The van der Waals surface area contributed by atoms with E-state index in [0.29, 0.717) is 6.04 Å². The van der Waals surface area contributed by atoms with Crippen LogP contribution in [0.25, 0.3) is 0 Å². The van der Waals surface area contributed by atoms with Gasteiger partial charge >= 0.3 is 0 Å². The van der Waals surface area contributed by atoms with Gasteiger partial charge in [-0.25, -0.2) is 0 Å². The van der Waals surface area contributed by atoms with Gasteiger partial charge in [0.05, 0.1) is 10.4 Å². The van der Waals surface area contributed by atoms with Crippen molar-refractivity contribution in [3.05, 3.63) is 21.3 Å². The Morgan fingerprint density at radius 1 is 1.28 bits per heavy atom. The summed E-state index contributed by atoms with van der Waals surface area (Å²) >= 11 is 7.78. The minimum Gasteiger partial charge on any atom is -0.308 e. The van der Waals surface area contributed by atoms with Crippen LogP contribution in [0.2, 0.25) is 4.34 Å². The van der Waals surface area contributed by atoms with Crippen LogP contribution < -0.4 is 5.32 Å². The molecule has 0 saturated heterocycles. The van der Waals surface area contributed by atoms with Gasteiger partial charge in [0.15, 0.2) is 0 Å². The number of likely N-dealkylation sites (N-methyl/N-ethyl adjacent to an activating group) is 2. The molecule has 0 bridgehead atoms. The van der Waals surface area contributed by atoms with Crippen LogP contribution in [0.5, 0.6) is 0 Å². The summed E-state index contributed by atoms with van der Waals surface area (Å²) in [7, 11) is 4.35. The highest BCUT2D eigenvalue weighted by molar-refractivity contribution is 7.16. The molecule has 1 heterocycles. The summed E-state index contributed by atoms with van der Waals surface area (Å²) in [5.74, 6) is 0. The van der Waals surface area contributed by atoms with E-state index in [1.165, 1.54) is 4.88 Å². The third-order valence-electron chi connectivity index (χ3n) is 3.94. The number of nitrogens with one attached hydrogen (secondary N) is 1. The van der Waals surface area contributed by atoms with E-state index >= 15 is 0 Å². The molecular weight excluding hydrogens is 264 g/mol. The smallest absolute Gasteiger partial charge is 0.0931 e.